The first-order valence-corrected chi connectivity index (χ1v) is 25.8. The number of esters is 1. The SMILES string of the molecule is CO[C@H]1C[C@@H]2CC[C@@H](C)[C@@](O)(O2)C(=O)C(=O)N2CCCC[C@H]2C(=O)O[C@H]([C@H](C)C[C@@H]2CC[C@H](n3cc(C(=O)O)nn3)[C@H](OC)C2)CC(=O)/C(C)=C/C(C)[C@@H](O)[C@@H](OC)C(=O)[C@H](C)C[C@H](C)C=CC=CC=C1C. The summed E-state index contributed by atoms with van der Waals surface area (Å²) in [5.74, 6) is -9.53. The molecule has 3 aliphatic heterocycles. The van der Waals surface area contributed by atoms with Gasteiger partial charge in [-0.05, 0) is 107 Å². The molecule has 2 saturated heterocycles. The first-order chi connectivity index (χ1) is 34.1. The van der Waals surface area contributed by atoms with E-state index < -0.39 is 89.6 Å². The summed E-state index contributed by atoms with van der Waals surface area (Å²) in [5, 5.41) is 40.8. The van der Waals surface area contributed by atoms with Gasteiger partial charge in [-0.3, -0.25) is 19.2 Å². The largest absolute Gasteiger partial charge is 0.476 e. The van der Waals surface area contributed by atoms with Crippen molar-refractivity contribution in [3.63, 3.8) is 0 Å². The topological polar surface area (TPSA) is 243 Å². The maximum absolute atomic E-state index is 14.5. The molecule has 2 bridgehead atoms. The summed E-state index contributed by atoms with van der Waals surface area (Å²) in [6.45, 7) is 12.6. The van der Waals surface area contributed by atoms with E-state index in [2.05, 4.69) is 10.3 Å². The lowest BCUT2D eigenvalue weighted by molar-refractivity contribution is -0.265. The Labute approximate surface area is 424 Å². The van der Waals surface area contributed by atoms with Gasteiger partial charge >= 0.3 is 11.9 Å². The van der Waals surface area contributed by atoms with Crippen molar-refractivity contribution in [2.24, 2.45) is 35.5 Å². The highest BCUT2D eigenvalue weighted by molar-refractivity contribution is 6.39. The fourth-order valence-corrected chi connectivity index (χ4v) is 11.0. The number of carboxylic acids is 1. The van der Waals surface area contributed by atoms with E-state index in [0.29, 0.717) is 64.2 Å². The first-order valence-electron chi connectivity index (χ1n) is 25.8. The Bertz CT molecular complexity index is 2180. The Morgan fingerprint density at radius 2 is 1.65 bits per heavy atom. The third-order valence-electron chi connectivity index (χ3n) is 15.6. The second-order valence-corrected chi connectivity index (χ2v) is 21.0. The van der Waals surface area contributed by atoms with Crippen LogP contribution in [-0.2, 0) is 47.7 Å². The van der Waals surface area contributed by atoms with Gasteiger partial charge in [0.1, 0.15) is 18.2 Å². The number of fused-ring (bicyclic) bond motifs is 3. The molecule has 18 heteroatoms. The smallest absolute Gasteiger partial charge is 0.358 e. The van der Waals surface area contributed by atoms with E-state index >= 15 is 0 Å². The van der Waals surface area contributed by atoms with Crippen molar-refractivity contribution in [1.82, 2.24) is 19.9 Å². The lowest BCUT2D eigenvalue weighted by atomic mass is 9.77. The molecule has 0 spiro atoms. The average Bonchev–Trinajstić information content (AvgIpc) is 3.86. The molecule has 1 aliphatic carbocycles. The highest BCUT2D eigenvalue weighted by Crippen LogP contribution is 2.40. The van der Waals surface area contributed by atoms with E-state index in [1.807, 2.05) is 58.1 Å². The molecule has 1 aromatic rings. The van der Waals surface area contributed by atoms with Gasteiger partial charge in [0.25, 0.3) is 11.7 Å². The number of aromatic nitrogens is 3. The van der Waals surface area contributed by atoms with Crippen LogP contribution in [0.25, 0.3) is 0 Å². The monoisotopic (exact) mass is 1010 g/mol. The summed E-state index contributed by atoms with van der Waals surface area (Å²) in [6, 6.07) is -1.45. The number of rotatable bonds is 8. The molecule has 4 aliphatic rings. The van der Waals surface area contributed by atoms with Crippen LogP contribution in [0.3, 0.4) is 0 Å². The maximum Gasteiger partial charge on any atom is 0.358 e. The lowest BCUT2D eigenvalue weighted by Gasteiger charge is -2.42. The summed E-state index contributed by atoms with van der Waals surface area (Å²) < 4.78 is 31.3. The average molecular weight is 1010 g/mol. The van der Waals surface area contributed by atoms with Crippen LogP contribution >= 0.6 is 0 Å². The number of methoxy groups -OCH3 is 3. The van der Waals surface area contributed by atoms with Crippen molar-refractivity contribution >= 4 is 35.2 Å². The molecule has 5 rings (SSSR count). The second-order valence-electron chi connectivity index (χ2n) is 21.0. The van der Waals surface area contributed by atoms with Crippen LogP contribution in [0.5, 0.6) is 0 Å². The number of cyclic esters (lactones) is 1. The quantitative estimate of drug-likeness (QED) is 0.190. The van der Waals surface area contributed by atoms with Gasteiger partial charge < -0.3 is 43.9 Å². The van der Waals surface area contributed by atoms with Gasteiger partial charge in [-0.2, -0.15) is 0 Å². The molecule has 72 heavy (non-hydrogen) atoms. The normalized spacial score (nSPS) is 36.0. The summed E-state index contributed by atoms with van der Waals surface area (Å²) in [4.78, 5) is 83.9. The van der Waals surface area contributed by atoms with E-state index in [1.165, 1.54) is 22.9 Å². The van der Waals surface area contributed by atoms with Gasteiger partial charge in [0.05, 0.1) is 36.7 Å². The number of carboxylic acid groups (broad SMARTS) is 1. The number of ketones is 3. The molecule has 3 N–H and O–H groups in total. The number of hydrogen-bond donors (Lipinski definition) is 3. The predicted octanol–water partition coefficient (Wildman–Crippen LogP) is 6.35. The Morgan fingerprint density at radius 3 is 2.32 bits per heavy atom. The third-order valence-corrected chi connectivity index (χ3v) is 15.6. The number of ether oxygens (including phenoxy) is 5. The number of nitrogens with zero attached hydrogens (tertiary/aromatic N) is 4. The number of Topliss-reactive ketones (excluding diaryl/α,β-unsaturated/α-hetero) is 3. The summed E-state index contributed by atoms with van der Waals surface area (Å²) in [5.41, 5.74) is 0.973. The molecule has 4 heterocycles. The van der Waals surface area contributed by atoms with E-state index in [1.54, 1.807) is 41.1 Å². The Hall–Kier alpha value is -4.72. The number of aliphatic hydroxyl groups excluding tert-OH is 1. The molecule has 1 saturated carbocycles. The van der Waals surface area contributed by atoms with Gasteiger partial charge in [-0.1, -0.05) is 76.3 Å². The van der Waals surface area contributed by atoms with Crippen LogP contribution in [0.4, 0.5) is 0 Å². The summed E-state index contributed by atoms with van der Waals surface area (Å²) in [6.07, 6.45) is 12.7. The van der Waals surface area contributed by atoms with E-state index in [4.69, 9.17) is 23.7 Å². The zero-order chi connectivity index (χ0) is 53.0. The zero-order valence-electron chi connectivity index (χ0n) is 43.9. The van der Waals surface area contributed by atoms with Gasteiger partial charge in [0.15, 0.2) is 17.3 Å². The zero-order valence-corrected chi connectivity index (χ0v) is 43.9. The standard InChI is InChI=1S/C54H80N4O14/c1-31-16-12-11-13-17-32(2)44(68-8)28-39-21-19-37(7)54(67,72-39)50(62)51(63)57-23-15-14-18-42(57)53(66)71-45(29-43(59)33(3)25-36(6)48(61)49(70-10)47(60)35(5)24-31)34(4)26-38-20-22-41(46(27-38)69-9)58-30-40(52(64)65)55-56-58/h11-13,16-17,25,30-31,34-39,41-42,44-46,48-49,61,67H,14-15,18-24,26-29H2,1-10H3,(H,64,65)/b13-11?,16-12?,32-17?,33-25+/t31-,34-,35-,36?,37-,38+,39+,41+,42+,44+,45+,46-,48-,49+,54-/m1/s1. The second kappa shape index (κ2) is 26.5. The molecule has 1 aromatic heterocycles. The van der Waals surface area contributed by atoms with Crippen LogP contribution in [0.1, 0.15) is 142 Å². The predicted molar refractivity (Wildman–Crippen MR) is 265 cm³/mol. The van der Waals surface area contributed by atoms with Crippen molar-refractivity contribution in [3.8, 4) is 0 Å². The van der Waals surface area contributed by atoms with Gasteiger partial charge in [-0.25, -0.2) is 14.3 Å². The van der Waals surface area contributed by atoms with Gasteiger partial charge in [0, 0.05) is 58.5 Å². The molecule has 0 aromatic carbocycles. The number of piperidine rings is 1. The van der Waals surface area contributed by atoms with Crippen molar-refractivity contribution in [1.29, 1.82) is 0 Å². The first kappa shape index (κ1) is 58.2. The minimum absolute atomic E-state index is 0.00249. The fraction of sp³-hybridized carbons (Fsp3) is 0.704. The number of aromatic carboxylic acids is 1. The van der Waals surface area contributed by atoms with Crippen LogP contribution in [-0.4, -0.2) is 147 Å². The van der Waals surface area contributed by atoms with Crippen LogP contribution in [0.15, 0.2) is 53.8 Å². The fourth-order valence-electron chi connectivity index (χ4n) is 11.0. The third kappa shape index (κ3) is 14.5. The van der Waals surface area contributed by atoms with Gasteiger partial charge in [0.2, 0.25) is 5.79 Å². The molecule has 0 radical (unpaired) electrons. The van der Waals surface area contributed by atoms with Crippen molar-refractivity contribution in [2.75, 3.05) is 27.9 Å². The lowest BCUT2D eigenvalue weighted by Crippen LogP contribution is -2.61. The molecular weight excluding hydrogens is 929 g/mol. The van der Waals surface area contributed by atoms with E-state index in [0.717, 1.165) is 5.57 Å². The number of hydrogen-bond acceptors (Lipinski definition) is 15. The number of allylic oxidation sites excluding steroid dienone is 6. The molecule has 1 amide bonds. The number of carbonyl (C=O) groups excluding carboxylic acids is 5. The van der Waals surface area contributed by atoms with Crippen molar-refractivity contribution < 1.29 is 67.8 Å². The summed E-state index contributed by atoms with van der Waals surface area (Å²) in [7, 11) is 4.52. The molecule has 15 atom stereocenters. The van der Waals surface area contributed by atoms with E-state index in [9.17, 15) is 44.1 Å². The van der Waals surface area contributed by atoms with Crippen LogP contribution in [0, 0.1) is 35.5 Å². The number of aliphatic hydroxyl groups is 2. The van der Waals surface area contributed by atoms with Crippen molar-refractivity contribution in [2.45, 2.75) is 180 Å². The minimum Gasteiger partial charge on any atom is -0.476 e. The minimum atomic E-state index is -2.46. The Morgan fingerprint density at radius 1 is 0.917 bits per heavy atom. The van der Waals surface area contributed by atoms with Crippen molar-refractivity contribution in [3.05, 3.63) is 59.5 Å². The number of carbonyl (C=O) groups is 6. The molecule has 18 nitrogen and oxygen atoms in total. The number of amides is 1. The summed E-state index contributed by atoms with van der Waals surface area (Å²) >= 11 is 0. The van der Waals surface area contributed by atoms with Crippen LogP contribution in [0.2, 0.25) is 0 Å². The molecule has 3 fully saturated rings. The van der Waals surface area contributed by atoms with Crippen LogP contribution < -0.4 is 0 Å². The maximum atomic E-state index is 14.5. The highest BCUT2D eigenvalue weighted by Gasteiger charge is 2.53. The van der Waals surface area contributed by atoms with Gasteiger partial charge in [-0.15, -0.1) is 5.10 Å². The highest BCUT2D eigenvalue weighted by atomic mass is 16.6. The Kier molecular flexibility index (Phi) is 21.4. The Balaban J connectivity index is 1.46. The molecular formula is C54H80N4O14. The molecule has 400 valence electrons. The molecule has 1 unspecified atom stereocenters. The van der Waals surface area contributed by atoms with E-state index in [-0.39, 0.29) is 66.2 Å².